The first-order chi connectivity index (χ1) is 16.1. The van der Waals surface area contributed by atoms with Crippen LogP contribution in [0.3, 0.4) is 0 Å². The van der Waals surface area contributed by atoms with Crippen molar-refractivity contribution in [2.45, 2.75) is 36.5 Å². The van der Waals surface area contributed by atoms with Crippen LogP contribution in [0.25, 0.3) is 11.3 Å². The Labute approximate surface area is 207 Å². The summed E-state index contributed by atoms with van der Waals surface area (Å²) in [6.07, 6.45) is -3.42. The van der Waals surface area contributed by atoms with Gasteiger partial charge in [-0.05, 0) is 49.2 Å². The monoisotopic (exact) mass is 573 g/mol. The van der Waals surface area contributed by atoms with Gasteiger partial charge in [-0.1, -0.05) is 28.1 Å². The normalized spacial score (nSPS) is 17.1. The number of thiazole rings is 1. The van der Waals surface area contributed by atoms with Gasteiger partial charge in [-0.2, -0.15) is 17.5 Å². The zero-order valence-corrected chi connectivity index (χ0v) is 20.8. The van der Waals surface area contributed by atoms with Gasteiger partial charge in [-0.3, -0.25) is 4.79 Å². The summed E-state index contributed by atoms with van der Waals surface area (Å²) in [5, 5.41) is 5.00. The van der Waals surface area contributed by atoms with Crippen molar-refractivity contribution in [1.82, 2.24) is 14.6 Å². The molecule has 1 aliphatic heterocycles. The molecule has 0 unspecified atom stereocenters. The van der Waals surface area contributed by atoms with Crippen LogP contribution in [-0.2, 0) is 27.5 Å². The van der Waals surface area contributed by atoms with Gasteiger partial charge in [0.1, 0.15) is 11.0 Å². The predicted molar refractivity (Wildman–Crippen MR) is 125 cm³/mol. The molecule has 180 valence electrons. The molecule has 3 aromatic rings. The molecule has 0 bridgehead atoms. The van der Waals surface area contributed by atoms with Crippen molar-refractivity contribution in [1.29, 1.82) is 0 Å². The molecular weight excluding hydrogens is 555 g/mol. The quantitative estimate of drug-likeness (QED) is 0.447. The minimum absolute atomic E-state index is 0.0901. The highest BCUT2D eigenvalue weighted by Gasteiger charge is 2.39. The van der Waals surface area contributed by atoms with E-state index in [4.69, 9.17) is 0 Å². The Kier molecular flexibility index (Phi) is 7.13. The number of nitrogens with zero attached hydrogens (tertiary/aromatic N) is 2. The fraction of sp³-hybridized carbons (Fsp3) is 0.273. The van der Waals surface area contributed by atoms with Gasteiger partial charge in [0.25, 0.3) is 0 Å². The van der Waals surface area contributed by atoms with Gasteiger partial charge in [0, 0.05) is 22.0 Å². The maximum absolute atomic E-state index is 13.0. The van der Waals surface area contributed by atoms with Crippen molar-refractivity contribution < 1.29 is 26.4 Å². The fourth-order valence-corrected chi connectivity index (χ4v) is 6.33. The third-order valence-electron chi connectivity index (χ3n) is 5.40. The number of carbonyl (C=O) groups excluding carboxylic acids is 1. The number of rotatable bonds is 6. The molecule has 6 nitrogen and oxygen atoms in total. The SMILES string of the molecule is O=C(NCc1nc(-c2ccc(C(F)(F)F)cc2)cs1)[C@@H]1CCCN1S(=O)(=O)c1ccc(Br)cc1. The van der Waals surface area contributed by atoms with Crippen molar-refractivity contribution in [2.75, 3.05) is 6.54 Å². The minimum atomic E-state index is -4.41. The molecule has 0 spiro atoms. The van der Waals surface area contributed by atoms with Crippen molar-refractivity contribution >= 4 is 43.2 Å². The van der Waals surface area contributed by atoms with Crippen molar-refractivity contribution in [3.05, 3.63) is 69.0 Å². The summed E-state index contributed by atoms with van der Waals surface area (Å²) in [7, 11) is -3.82. The lowest BCUT2D eigenvalue weighted by Gasteiger charge is -2.23. The average Bonchev–Trinajstić information content (AvgIpc) is 3.48. The summed E-state index contributed by atoms with van der Waals surface area (Å²) in [5.74, 6) is -0.413. The first-order valence-corrected chi connectivity index (χ1v) is 13.3. The molecule has 0 saturated carbocycles. The Morgan fingerprint density at radius 3 is 2.47 bits per heavy atom. The molecule has 34 heavy (non-hydrogen) atoms. The van der Waals surface area contributed by atoms with Gasteiger partial charge >= 0.3 is 6.18 Å². The number of amides is 1. The number of aromatic nitrogens is 1. The fourth-order valence-electron chi connectivity index (χ4n) is 3.67. The van der Waals surface area contributed by atoms with Crippen LogP contribution < -0.4 is 5.32 Å². The predicted octanol–water partition coefficient (Wildman–Crippen LogP) is 5.06. The Morgan fingerprint density at radius 1 is 1.15 bits per heavy atom. The van der Waals surface area contributed by atoms with E-state index in [9.17, 15) is 26.4 Å². The topological polar surface area (TPSA) is 79.4 Å². The van der Waals surface area contributed by atoms with Gasteiger partial charge in [0.05, 0.1) is 22.7 Å². The van der Waals surface area contributed by atoms with Crippen LogP contribution in [-0.4, -0.2) is 36.2 Å². The van der Waals surface area contributed by atoms with Crippen LogP contribution in [0.5, 0.6) is 0 Å². The second-order valence-corrected chi connectivity index (χ2v) is 11.4. The Hall–Kier alpha value is -2.28. The van der Waals surface area contributed by atoms with E-state index in [0.717, 1.165) is 16.6 Å². The van der Waals surface area contributed by atoms with Crippen LogP contribution in [0.1, 0.15) is 23.4 Å². The lowest BCUT2D eigenvalue weighted by Crippen LogP contribution is -2.45. The molecule has 1 saturated heterocycles. The molecule has 1 N–H and O–H groups in total. The third-order valence-corrected chi connectivity index (χ3v) is 8.70. The molecule has 1 fully saturated rings. The zero-order valence-electron chi connectivity index (χ0n) is 17.5. The summed E-state index contributed by atoms with van der Waals surface area (Å²) in [5.41, 5.74) is 0.297. The largest absolute Gasteiger partial charge is 0.416 e. The number of benzene rings is 2. The lowest BCUT2D eigenvalue weighted by molar-refractivity contribution is -0.137. The van der Waals surface area contributed by atoms with Gasteiger partial charge in [-0.15, -0.1) is 11.3 Å². The van der Waals surface area contributed by atoms with E-state index in [2.05, 4.69) is 26.2 Å². The summed E-state index contributed by atoms with van der Waals surface area (Å²) in [6, 6.07) is 10.1. The van der Waals surface area contributed by atoms with Gasteiger partial charge in [0.2, 0.25) is 15.9 Å². The van der Waals surface area contributed by atoms with Crippen LogP contribution in [0.15, 0.2) is 63.3 Å². The molecule has 2 heterocycles. The van der Waals surface area contributed by atoms with Gasteiger partial charge < -0.3 is 5.32 Å². The second kappa shape index (κ2) is 9.76. The smallest absolute Gasteiger partial charge is 0.348 e. The molecule has 1 amide bonds. The van der Waals surface area contributed by atoms with E-state index in [-0.39, 0.29) is 18.0 Å². The van der Waals surface area contributed by atoms with E-state index in [0.29, 0.717) is 29.1 Å². The molecule has 2 aromatic carbocycles. The number of sulfonamides is 1. The van der Waals surface area contributed by atoms with E-state index in [1.807, 2.05) is 0 Å². The maximum atomic E-state index is 13.0. The molecule has 1 aliphatic rings. The highest BCUT2D eigenvalue weighted by molar-refractivity contribution is 9.10. The maximum Gasteiger partial charge on any atom is 0.416 e. The molecule has 0 aliphatic carbocycles. The van der Waals surface area contributed by atoms with Crippen LogP contribution in [0, 0.1) is 0 Å². The molecule has 1 atom stereocenters. The summed E-state index contributed by atoms with van der Waals surface area (Å²) < 4.78 is 66.3. The average molecular weight is 574 g/mol. The highest BCUT2D eigenvalue weighted by Crippen LogP contribution is 2.31. The number of hydrogen-bond acceptors (Lipinski definition) is 5. The number of alkyl halides is 3. The Balaban J connectivity index is 1.41. The van der Waals surface area contributed by atoms with Gasteiger partial charge in [0.15, 0.2) is 0 Å². The number of nitrogens with one attached hydrogen (secondary N) is 1. The highest BCUT2D eigenvalue weighted by atomic mass is 79.9. The standard InChI is InChI=1S/C22H19BrF3N3O3S2/c23-16-7-9-17(10-8-16)34(31,32)29-11-1-2-19(29)21(30)27-12-20-28-18(13-33-20)14-3-5-15(6-4-14)22(24,25)26/h3-10,13,19H,1-2,11-12H2,(H,27,30)/t19-/m0/s1. The molecule has 0 radical (unpaired) electrons. The Morgan fingerprint density at radius 2 is 1.82 bits per heavy atom. The van der Waals surface area contributed by atoms with Crippen LogP contribution in [0.4, 0.5) is 13.2 Å². The third kappa shape index (κ3) is 5.35. The van der Waals surface area contributed by atoms with E-state index < -0.39 is 33.7 Å². The second-order valence-electron chi connectivity index (χ2n) is 7.65. The van der Waals surface area contributed by atoms with Gasteiger partial charge in [-0.25, -0.2) is 13.4 Å². The molecule has 12 heteroatoms. The van der Waals surface area contributed by atoms with Crippen molar-refractivity contribution in [2.24, 2.45) is 0 Å². The molecular formula is C22H19BrF3N3O3S2. The Bertz CT molecular complexity index is 1280. The summed E-state index contributed by atoms with van der Waals surface area (Å²) in [4.78, 5) is 17.3. The molecule has 1 aromatic heterocycles. The van der Waals surface area contributed by atoms with Crippen LogP contribution >= 0.6 is 27.3 Å². The van der Waals surface area contributed by atoms with E-state index in [1.54, 1.807) is 17.5 Å². The van der Waals surface area contributed by atoms with Crippen LogP contribution in [0.2, 0.25) is 0 Å². The van der Waals surface area contributed by atoms with Crippen molar-refractivity contribution in [3.63, 3.8) is 0 Å². The van der Waals surface area contributed by atoms with E-state index >= 15 is 0 Å². The first-order valence-electron chi connectivity index (χ1n) is 10.2. The lowest BCUT2D eigenvalue weighted by atomic mass is 10.1. The number of halogens is 4. The molecule has 4 rings (SSSR count). The summed E-state index contributed by atoms with van der Waals surface area (Å²) >= 11 is 4.54. The number of carbonyl (C=O) groups is 1. The number of hydrogen-bond donors (Lipinski definition) is 1. The van der Waals surface area contributed by atoms with E-state index in [1.165, 1.54) is 39.9 Å². The first kappa shape index (κ1) is 24.8. The summed E-state index contributed by atoms with van der Waals surface area (Å²) in [6.45, 7) is 0.346. The zero-order chi connectivity index (χ0) is 24.5. The minimum Gasteiger partial charge on any atom is -0.348 e. The van der Waals surface area contributed by atoms with Crippen molar-refractivity contribution in [3.8, 4) is 11.3 Å².